The molecule has 0 atom stereocenters. The first-order valence-corrected chi connectivity index (χ1v) is 8.19. The SMILES string of the molecule is COc1cc(/C=N/N2CCOCC2)ccc1OC(=O)c1ccccc1F. The van der Waals surface area contributed by atoms with E-state index in [4.69, 9.17) is 14.2 Å². The van der Waals surface area contributed by atoms with Crippen molar-refractivity contribution in [3.05, 3.63) is 59.4 Å². The minimum atomic E-state index is -0.781. The van der Waals surface area contributed by atoms with Gasteiger partial charge in [-0.25, -0.2) is 9.18 Å². The first-order valence-electron chi connectivity index (χ1n) is 8.19. The number of ether oxygens (including phenoxy) is 3. The van der Waals surface area contributed by atoms with Crippen LogP contribution in [-0.2, 0) is 4.74 Å². The van der Waals surface area contributed by atoms with Gasteiger partial charge < -0.3 is 14.2 Å². The molecule has 1 aliphatic rings. The number of rotatable bonds is 5. The number of carbonyl (C=O) groups is 1. The molecule has 6 nitrogen and oxygen atoms in total. The zero-order valence-electron chi connectivity index (χ0n) is 14.4. The van der Waals surface area contributed by atoms with Gasteiger partial charge in [-0.1, -0.05) is 12.1 Å². The van der Waals surface area contributed by atoms with E-state index in [1.54, 1.807) is 30.5 Å². The molecule has 1 heterocycles. The van der Waals surface area contributed by atoms with E-state index >= 15 is 0 Å². The van der Waals surface area contributed by atoms with Gasteiger partial charge in [0.15, 0.2) is 11.5 Å². The van der Waals surface area contributed by atoms with Gasteiger partial charge >= 0.3 is 5.97 Å². The van der Waals surface area contributed by atoms with E-state index in [9.17, 15) is 9.18 Å². The van der Waals surface area contributed by atoms with E-state index in [0.717, 1.165) is 18.7 Å². The predicted octanol–water partition coefficient (Wildman–Crippen LogP) is 2.72. The van der Waals surface area contributed by atoms with E-state index < -0.39 is 11.8 Å². The second kappa shape index (κ2) is 8.44. The molecule has 26 heavy (non-hydrogen) atoms. The molecule has 0 aromatic heterocycles. The lowest BCUT2D eigenvalue weighted by Gasteiger charge is -2.23. The smallest absolute Gasteiger partial charge is 0.346 e. The van der Waals surface area contributed by atoms with Crippen molar-refractivity contribution in [2.24, 2.45) is 5.10 Å². The van der Waals surface area contributed by atoms with Crippen molar-refractivity contribution in [3.8, 4) is 11.5 Å². The van der Waals surface area contributed by atoms with Gasteiger partial charge in [-0.3, -0.25) is 5.01 Å². The van der Waals surface area contributed by atoms with Gasteiger partial charge in [0, 0.05) is 0 Å². The third-order valence-electron chi connectivity index (χ3n) is 3.84. The van der Waals surface area contributed by atoms with Crippen LogP contribution >= 0.6 is 0 Å². The number of nitrogens with zero attached hydrogens (tertiary/aromatic N) is 2. The number of methoxy groups -OCH3 is 1. The number of esters is 1. The van der Waals surface area contributed by atoms with E-state index in [2.05, 4.69) is 5.10 Å². The Labute approximate surface area is 150 Å². The van der Waals surface area contributed by atoms with Crippen LogP contribution in [-0.4, -0.2) is 50.6 Å². The summed E-state index contributed by atoms with van der Waals surface area (Å²) in [5.41, 5.74) is 0.659. The molecular weight excluding hydrogens is 339 g/mol. The molecule has 3 rings (SSSR count). The standard InChI is InChI=1S/C19H19FN2O4/c1-24-18-12-14(13-21-22-8-10-25-11-9-22)6-7-17(18)26-19(23)15-4-2-3-5-16(15)20/h2-7,12-13H,8-11H2,1H3/b21-13+. The van der Waals surface area contributed by atoms with Gasteiger partial charge in [-0.15, -0.1) is 0 Å². The first kappa shape index (κ1) is 17.9. The van der Waals surface area contributed by atoms with Crippen LogP contribution in [0.2, 0.25) is 0 Å². The van der Waals surface area contributed by atoms with E-state index in [1.807, 2.05) is 5.01 Å². The molecule has 0 unspecified atom stereocenters. The topological polar surface area (TPSA) is 60.4 Å². The normalized spacial score (nSPS) is 14.5. The summed E-state index contributed by atoms with van der Waals surface area (Å²) in [4.78, 5) is 12.2. The lowest BCUT2D eigenvalue weighted by Crippen LogP contribution is -2.32. The van der Waals surface area contributed by atoms with Crippen LogP contribution in [0, 0.1) is 5.82 Å². The maximum atomic E-state index is 13.7. The Kier molecular flexibility index (Phi) is 5.80. The van der Waals surface area contributed by atoms with Crippen molar-refractivity contribution in [2.45, 2.75) is 0 Å². The molecule has 0 spiro atoms. The van der Waals surface area contributed by atoms with Crippen LogP contribution in [0.5, 0.6) is 11.5 Å². The zero-order valence-corrected chi connectivity index (χ0v) is 14.4. The van der Waals surface area contributed by atoms with Crippen LogP contribution in [0.1, 0.15) is 15.9 Å². The monoisotopic (exact) mass is 358 g/mol. The molecule has 2 aromatic rings. The number of hydrogen-bond donors (Lipinski definition) is 0. The Morgan fingerprint density at radius 1 is 1.19 bits per heavy atom. The molecule has 0 radical (unpaired) electrons. The molecule has 0 N–H and O–H groups in total. The predicted molar refractivity (Wildman–Crippen MR) is 94.3 cm³/mol. The number of hydrazone groups is 1. The molecule has 1 aliphatic heterocycles. The van der Waals surface area contributed by atoms with Crippen molar-refractivity contribution in [2.75, 3.05) is 33.4 Å². The van der Waals surface area contributed by atoms with Crippen molar-refractivity contribution in [1.82, 2.24) is 5.01 Å². The van der Waals surface area contributed by atoms with Gasteiger partial charge in [0.25, 0.3) is 0 Å². The van der Waals surface area contributed by atoms with Gasteiger partial charge in [0.05, 0.1) is 45.2 Å². The number of carbonyl (C=O) groups excluding carboxylic acids is 1. The molecule has 7 heteroatoms. The third kappa shape index (κ3) is 4.37. The summed E-state index contributed by atoms with van der Waals surface area (Å²) in [6.45, 7) is 2.80. The van der Waals surface area contributed by atoms with Crippen molar-refractivity contribution in [1.29, 1.82) is 0 Å². The van der Waals surface area contributed by atoms with Crippen LogP contribution in [0.15, 0.2) is 47.6 Å². The highest BCUT2D eigenvalue weighted by molar-refractivity contribution is 5.92. The summed E-state index contributed by atoms with van der Waals surface area (Å²) < 4.78 is 29.5. The molecule has 0 bridgehead atoms. The highest BCUT2D eigenvalue weighted by Crippen LogP contribution is 2.28. The Hall–Kier alpha value is -2.93. The minimum Gasteiger partial charge on any atom is -0.493 e. The average molecular weight is 358 g/mol. The molecule has 0 saturated carbocycles. The summed E-state index contributed by atoms with van der Waals surface area (Å²) >= 11 is 0. The highest BCUT2D eigenvalue weighted by Gasteiger charge is 2.16. The van der Waals surface area contributed by atoms with Crippen LogP contribution in [0.3, 0.4) is 0 Å². The van der Waals surface area contributed by atoms with Crippen molar-refractivity contribution < 1.29 is 23.4 Å². The maximum absolute atomic E-state index is 13.7. The Bertz CT molecular complexity index is 804. The first-order chi connectivity index (χ1) is 12.7. The number of benzene rings is 2. The Balaban J connectivity index is 1.73. The van der Waals surface area contributed by atoms with Crippen molar-refractivity contribution >= 4 is 12.2 Å². The molecule has 1 fully saturated rings. The molecule has 0 aliphatic carbocycles. The summed E-state index contributed by atoms with van der Waals surface area (Å²) in [6.07, 6.45) is 1.70. The molecular formula is C19H19FN2O4. The second-order valence-corrected chi connectivity index (χ2v) is 5.59. The highest BCUT2D eigenvalue weighted by atomic mass is 19.1. The average Bonchev–Trinajstić information content (AvgIpc) is 2.68. The fraction of sp³-hybridized carbons (Fsp3) is 0.263. The van der Waals surface area contributed by atoms with Crippen LogP contribution in [0.4, 0.5) is 4.39 Å². The van der Waals surface area contributed by atoms with E-state index in [0.29, 0.717) is 19.0 Å². The third-order valence-corrected chi connectivity index (χ3v) is 3.84. The molecule has 0 amide bonds. The van der Waals surface area contributed by atoms with E-state index in [-0.39, 0.29) is 11.3 Å². The lowest BCUT2D eigenvalue weighted by atomic mass is 10.2. The van der Waals surface area contributed by atoms with Gasteiger partial charge in [0.2, 0.25) is 0 Å². The van der Waals surface area contributed by atoms with Crippen LogP contribution < -0.4 is 9.47 Å². The fourth-order valence-corrected chi connectivity index (χ4v) is 2.45. The summed E-state index contributed by atoms with van der Waals surface area (Å²) in [7, 11) is 1.47. The van der Waals surface area contributed by atoms with Gasteiger partial charge in [-0.05, 0) is 35.9 Å². The zero-order chi connectivity index (χ0) is 18.4. The number of halogens is 1. The fourth-order valence-electron chi connectivity index (χ4n) is 2.45. The largest absolute Gasteiger partial charge is 0.493 e. The molecule has 136 valence electrons. The Morgan fingerprint density at radius 2 is 1.96 bits per heavy atom. The number of morpholine rings is 1. The second-order valence-electron chi connectivity index (χ2n) is 5.59. The summed E-state index contributed by atoms with van der Waals surface area (Å²) in [6, 6.07) is 10.7. The Morgan fingerprint density at radius 3 is 2.69 bits per heavy atom. The molecule has 1 saturated heterocycles. The minimum absolute atomic E-state index is 0.132. The van der Waals surface area contributed by atoms with E-state index in [1.165, 1.54) is 25.3 Å². The quantitative estimate of drug-likeness (QED) is 0.467. The molecule has 2 aromatic carbocycles. The van der Waals surface area contributed by atoms with Crippen molar-refractivity contribution in [3.63, 3.8) is 0 Å². The number of hydrogen-bond acceptors (Lipinski definition) is 6. The summed E-state index contributed by atoms with van der Waals surface area (Å²) in [5.74, 6) is -0.841. The maximum Gasteiger partial charge on any atom is 0.346 e. The van der Waals surface area contributed by atoms with Gasteiger partial charge in [-0.2, -0.15) is 5.10 Å². The summed E-state index contributed by atoms with van der Waals surface area (Å²) in [5, 5.41) is 6.31. The van der Waals surface area contributed by atoms with Crippen LogP contribution in [0.25, 0.3) is 0 Å². The van der Waals surface area contributed by atoms with Gasteiger partial charge in [0.1, 0.15) is 5.82 Å². The lowest BCUT2D eigenvalue weighted by molar-refractivity contribution is 0.0397.